The van der Waals surface area contributed by atoms with Crippen molar-refractivity contribution in [3.63, 3.8) is 0 Å². The molecule has 0 saturated heterocycles. The molecule has 0 N–H and O–H groups in total. The van der Waals surface area contributed by atoms with Gasteiger partial charge in [0.1, 0.15) is 5.75 Å². The predicted molar refractivity (Wildman–Crippen MR) is 52.6 cm³/mol. The van der Waals surface area contributed by atoms with Crippen LogP contribution in [-0.2, 0) is 0 Å². The third-order valence-electron chi connectivity index (χ3n) is 2.25. The highest BCUT2D eigenvalue weighted by Gasteiger charge is 2.11. The average Bonchev–Trinajstić information content (AvgIpc) is 2.09. The SMILES string of the molecule is CC(=O)c1cc(OC(F)F)cc(C)c1C. The van der Waals surface area contributed by atoms with E-state index in [0.717, 1.165) is 11.1 Å². The Balaban J connectivity index is 3.17. The highest BCUT2D eigenvalue weighted by molar-refractivity contribution is 5.96. The molecule has 0 aliphatic heterocycles. The Morgan fingerprint density at radius 2 is 1.93 bits per heavy atom. The van der Waals surface area contributed by atoms with Crippen molar-refractivity contribution in [1.29, 1.82) is 0 Å². The largest absolute Gasteiger partial charge is 0.435 e. The maximum absolute atomic E-state index is 12.0. The lowest BCUT2D eigenvalue weighted by molar-refractivity contribution is -0.0499. The second kappa shape index (κ2) is 4.38. The third kappa shape index (κ3) is 2.75. The van der Waals surface area contributed by atoms with E-state index < -0.39 is 6.61 Å². The lowest BCUT2D eigenvalue weighted by atomic mass is 10.0. The minimum absolute atomic E-state index is 0.0262. The zero-order valence-electron chi connectivity index (χ0n) is 8.80. The summed E-state index contributed by atoms with van der Waals surface area (Å²) < 4.78 is 28.2. The molecule has 0 aliphatic carbocycles. The fourth-order valence-corrected chi connectivity index (χ4v) is 1.36. The van der Waals surface area contributed by atoms with E-state index in [1.165, 1.54) is 19.1 Å². The van der Waals surface area contributed by atoms with Crippen molar-refractivity contribution in [3.8, 4) is 5.75 Å². The third-order valence-corrected chi connectivity index (χ3v) is 2.25. The second-order valence-electron chi connectivity index (χ2n) is 3.35. The van der Waals surface area contributed by atoms with Gasteiger partial charge in [0.25, 0.3) is 0 Å². The number of alkyl halides is 2. The van der Waals surface area contributed by atoms with Crippen molar-refractivity contribution < 1.29 is 18.3 Å². The molecule has 82 valence electrons. The van der Waals surface area contributed by atoms with Crippen LogP contribution in [0.15, 0.2) is 12.1 Å². The molecule has 0 aliphatic rings. The minimum atomic E-state index is -2.87. The Morgan fingerprint density at radius 1 is 1.33 bits per heavy atom. The fraction of sp³-hybridized carbons (Fsp3) is 0.364. The number of halogens is 2. The molecule has 0 aromatic heterocycles. The maximum Gasteiger partial charge on any atom is 0.387 e. The Labute approximate surface area is 86.9 Å². The van der Waals surface area contributed by atoms with Crippen LogP contribution in [0, 0.1) is 13.8 Å². The van der Waals surface area contributed by atoms with Crippen LogP contribution in [0.5, 0.6) is 5.75 Å². The highest BCUT2D eigenvalue weighted by atomic mass is 19.3. The van der Waals surface area contributed by atoms with Crippen molar-refractivity contribution >= 4 is 5.78 Å². The second-order valence-corrected chi connectivity index (χ2v) is 3.35. The Kier molecular flexibility index (Phi) is 3.39. The highest BCUT2D eigenvalue weighted by Crippen LogP contribution is 2.23. The fourth-order valence-electron chi connectivity index (χ4n) is 1.36. The summed E-state index contributed by atoms with van der Waals surface area (Å²) in [6.07, 6.45) is 0. The number of carbonyl (C=O) groups is 1. The molecule has 0 heterocycles. The summed E-state index contributed by atoms with van der Waals surface area (Å²) in [6.45, 7) is 2.05. The van der Waals surface area contributed by atoms with Crippen molar-refractivity contribution in [3.05, 3.63) is 28.8 Å². The van der Waals surface area contributed by atoms with Crippen LogP contribution in [-0.4, -0.2) is 12.4 Å². The van der Waals surface area contributed by atoms with Gasteiger partial charge in [-0.25, -0.2) is 0 Å². The van der Waals surface area contributed by atoms with Gasteiger partial charge in [-0.1, -0.05) is 0 Å². The zero-order chi connectivity index (χ0) is 11.6. The molecule has 0 radical (unpaired) electrons. The molecular weight excluding hydrogens is 202 g/mol. The first-order chi connectivity index (χ1) is 6.91. The quantitative estimate of drug-likeness (QED) is 0.722. The van der Waals surface area contributed by atoms with Gasteiger partial charge >= 0.3 is 6.61 Å². The van der Waals surface area contributed by atoms with Crippen molar-refractivity contribution in [1.82, 2.24) is 0 Å². The van der Waals surface area contributed by atoms with E-state index >= 15 is 0 Å². The monoisotopic (exact) mass is 214 g/mol. The van der Waals surface area contributed by atoms with Gasteiger partial charge in [-0.05, 0) is 44.0 Å². The van der Waals surface area contributed by atoms with E-state index in [1.807, 2.05) is 0 Å². The molecular formula is C11H12F2O2. The Bertz CT molecular complexity index is 386. The van der Waals surface area contributed by atoms with Gasteiger partial charge in [0.15, 0.2) is 5.78 Å². The molecule has 0 spiro atoms. The summed E-state index contributed by atoms with van der Waals surface area (Å²) in [7, 11) is 0. The number of ketones is 1. The van der Waals surface area contributed by atoms with E-state index in [1.54, 1.807) is 13.8 Å². The van der Waals surface area contributed by atoms with Crippen LogP contribution >= 0.6 is 0 Å². The predicted octanol–water partition coefficient (Wildman–Crippen LogP) is 3.11. The zero-order valence-corrected chi connectivity index (χ0v) is 8.80. The lowest BCUT2D eigenvalue weighted by Gasteiger charge is -2.10. The summed E-state index contributed by atoms with van der Waals surface area (Å²) in [5.41, 5.74) is 1.98. The van der Waals surface area contributed by atoms with E-state index in [9.17, 15) is 13.6 Å². The molecule has 0 atom stereocenters. The molecule has 1 aromatic rings. The smallest absolute Gasteiger partial charge is 0.387 e. The van der Waals surface area contributed by atoms with E-state index in [0.29, 0.717) is 5.56 Å². The molecule has 4 heteroatoms. The number of hydrogen-bond donors (Lipinski definition) is 0. The van der Waals surface area contributed by atoms with Crippen LogP contribution in [0.4, 0.5) is 8.78 Å². The van der Waals surface area contributed by atoms with Gasteiger partial charge in [-0.2, -0.15) is 8.78 Å². The summed E-state index contributed by atoms with van der Waals surface area (Å²) in [6, 6.07) is 2.84. The van der Waals surface area contributed by atoms with Gasteiger partial charge in [-0.15, -0.1) is 0 Å². The number of rotatable bonds is 3. The minimum Gasteiger partial charge on any atom is -0.435 e. The summed E-state index contributed by atoms with van der Waals surface area (Å²) in [5, 5.41) is 0. The lowest BCUT2D eigenvalue weighted by Crippen LogP contribution is -2.05. The first-order valence-electron chi connectivity index (χ1n) is 4.49. The standard InChI is InChI=1S/C11H12F2O2/c1-6-4-9(15-11(12)13)5-10(7(6)2)8(3)14/h4-5,11H,1-3H3. The first kappa shape index (κ1) is 11.6. The molecule has 0 unspecified atom stereocenters. The van der Waals surface area contributed by atoms with Gasteiger partial charge in [0.05, 0.1) is 0 Å². The summed E-state index contributed by atoms with van der Waals surface area (Å²) in [5.74, 6) is -0.131. The maximum atomic E-state index is 12.0. The van der Waals surface area contributed by atoms with Crippen molar-refractivity contribution in [2.24, 2.45) is 0 Å². The van der Waals surface area contributed by atoms with Crippen LogP contribution in [0.25, 0.3) is 0 Å². The molecule has 15 heavy (non-hydrogen) atoms. The number of Topliss-reactive ketones (excluding diaryl/α,β-unsaturated/α-hetero) is 1. The van der Waals surface area contributed by atoms with Crippen LogP contribution < -0.4 is 4.74 Å². The molecule has 1 aromatic carbocycles. The number of carbonyl (C=O) groups excluding carboxylic acids is 1. The van der Waals surface area contributed by atoms with Gasteiger partial charge in [0.2, 0.25) is 0 Å². The molecule has 1 rings (SSSR count). The summed E-state index contributed by atoms with van der Waals surface area (Å²) >= 11 is 0. The molecule has 0 fully saturated rings. The Hall–Kier alpha value is -1.45. The topological polar surface area (TPSA) is 26.3 Å². The average molecular weight is 214 g/mol. The molecule has 2 nitrogen and oxygen atoms in total. The number of aryl methyl sites for hydroxylation is 1. The molecule has 0 saturated carbocycles. The summed E-state index contributed by atoms with van der Waals surface area (Å²) in [4.78, 5) is 11.2. The van der Waals surface area contributed by atoms with E-state index in [-0.39, 0.29) is 11.5 Å². The number of hydrogen-bond acceptors (Lipinski definition) is 2. The normalized spacial score (nSPS) is 10.5. The van der Waals surface area contributed by atoms with Crippen molar-refractivity contribution in [2.75, 3.05) is 0 Å². The van der Waals surface area contributed by atoms with Crippen LogP contribution in [0.3, 0.4) is 0 Å². The first-order valence-corrected chi connectivity index (χ1v) is 4.49. The molecule has 0 bridgehead atoms. The molecule has 0 amide bonds. The van der Waals surface area contributed by atoms with Crippen molar-refractivity contribution in [2.45, 2.75) is 27.4 Å². The Morgan fingerprint density at radius 3 is 2.40 bits per heavy atom. The van der Waals surface area contributed by atoms with E-state index in [2.05, 4.69) is 4.74 Å². The van der Waals surface area contributed by atoms with Crippen LogP contribution in [0.2, 0.25) is 0 Å². The van der Waals surface area contributed by atoms with E-state index in [4.69, 9.17) is 0 Å². The van der Waals surface area contributed by atoms with Gasteiger partial charge in [0, 0.05) is 5.56 Å². The van der Waals surface area contributed by atoms with Crippen LogP contribution in [0.1, 0.15) is 28.4 Å². The number of ether oxygens (including phenoxy) is 1. The van der Waals surface area contributed by atoms with Gasteiger partial charge in [-0.3, -0.25) is 4.79 Å². The number of benzene rings is 1. The van der Waals surface area contributed by atoms with Gasteiger partial charge < -0.3 is 4.74 Å².